The third-order valence-corrected chi connectivity index (χ3v) is 5.18. The zero-order chi connectivity index (χ0) is 26.3. The highest BCUT2D eigenvalue weighted by Gasteiger charge is 2.37. The van der Waals surface area contributed by atoms with Gasteiger partial charge in [0.05, 0.1) is 29.9 Å². The van der Waals surface area contributed by atoms with Crippen molar-refractivity contribution >= 4 is 23.2 Å². The van der Waals surface area contributed by atoms with Gasteiger partial charge in [0, 0.05) is 6.42 Å². The minimum Gasteiger partial charge on any atom is -0.476 e. The number of carbonyl (C=O) groups excluding carboxylic acids is 2. The van der Waals surface area contributed by atoms with E-state index in [4.69, 9.17) is 4.74 Å². The number of hydrogen-bond acceptors (Lipinski definition) is 3. The van der Waals surface area contributed by atoms with Crippen LogP contribution in [0.1, 0.15) is 36.5 Å². The summed E-state index contributed by atoms with van der Waals surface area (Å²) in [5, 5.41) is 2.07. The highest BCUT2D eigenvalue weighted by atomic mass is 19.4. The number of hydrogen-bond donors (Lipinski definition) is 1. The van der Waals surface area contributed by atoms with Gasteiger partial charge in [0.15, 0.2) is 17.7 Å². The molecule has 2 aromatic carbocycles. The molecule has 5 nitrogen and oxygen atoms in total. The van der Waals surface area contributed by atoms with Gasteiger partial charge >= 0.3 is 12.4 Å². The largest absolute Gasteiger partial charge is 0.476 e. The van der Waals surface area contributed by atoms with Gasteiger partial charge in [-0.2, -0.15) is 26.3 Å². The Balaban J connectivity index is 1.93. The molecule has 35 heavy (non-hydrogen) atoms. The van der Waals surface area contributed by atoms with E-state index in [1.54, 1.807) is 0 Å². The summed E-state index contributed by atoms with van der Waals surface area (Å²) < 4.78 is 110. The van der Waals surface area contributed by atoms with Gasteiger partial charge in [0.1, 0.15) is 5.82 Å². The normalized spacial score (nSPS) is 16.1. The van der Waals surface area contributed by atoms with Crippen molar-refractivity contribution in [2.75, 3.05) is 10.2 Å². The van der Waals surface area contributed by atoms with Gasteiger partial charge in [0.2, 0.25) is 5.91 Å². The Kier molecular flexibility index (Phi) is 7.00. The van der Waals surface area contributed by atoms with Crippen LogP contribution in [0.2, 0.25) is 0 Å². The van der Waals surface area contributed by atoms with E-state index in [-0.39, 0.29) is 16.8 Å². The molecule has 0 aromatic heterocycles. The number of aryl methyl sites for hydroxylation is 1. The SMILES string of the molecule is Cc1cc2c(c(F)c1NC(=O)CCC(F)(F)F)OC(C)C(=O)N2Cc1ccc(C(F)(F)F)c(F)c1. The standard InChI is InChI=1S/C22H18F8N2O3/c1-10-7-15-19(17(24)18(10)31-16(33)5-6-21(25,26)27)35-11(2)20(34)32(15)9-12-3-4-13(14(23)8-12)22(28,29)30/h3-4,7-8,11H,5-6,9H2,1-2H3,(H,31,33). The van der Waals surface area contributed by atoms with Crippen molar-refractivity contribution < 1.29 is 49.4 Å². The Morgan fingerprint density at radius 1 is 1.11 bits per heavy atom. The summed E-state index contributed by atoms with van der Waals surface area (Å²) in [6, 6.07) is 3.32. The van der Waals surface area contributed by atoms with Crippen molar-refractivity contribution in [3.05, 3.63) is 52.6 Å². The number of carbonyl (C=O) groups is 2. The van der Waals surface area contributed by atoms with Crippen LogP contribution in [0.4, 0.5) is 46.5 Å². The van der Waals surface area contributed by atoms with Crippen LogP contribution in [-0.4, -0.2) is 24.1 Å². The number of amides is 2. The molecule has 1 aliphatic rings. The summed E-state index contributed by atoms with van der Waals surface area (Å²) in [4.78, 5) is 25.6. The maximum atomic E-state index is 15.2. The number of nitrogens with zero attached hydrogens (tertiary/aromatic N) is 1. The van der Waals surface area contributed by atoms with Crippen LogP contribution in [0.25, 0.3) is 0 Å². The van der Waals surface area contributed by atoms with E-state index in [1.165, 1.54) is 19.9 Å². The van der Waals surface area contributed by atoms with Crippen LogP contribution >= 0.6 is 0 Å². The summed E-state index contributed by atoms with van der Waals surface area (Å²) in [7, 11) is 0. The molecule has 190 valence electrons. The lowest BCUT2D eigenvalue weighted by Gasteiger charge is -2.34. The highest BCUT2D eigenvalue weighted by molar-refractivity contribution is 6.01. The molecule has 0 radical (unpaired) electrons. The highest BCUT2D eigenvalue weighted by Crippen LogP contribution is 2.42. The minimum atomic E-state index is -4.92. The zero-order valence-corrected chi connectivity index (χ0v) is 18.2. The first-order chi connectivity index (χ1) is 16.1. The fourth-order valence-electron chi connectivity index (χ4n) is 3.46. The summed E-state index contributed by atoms with van der Waals surface area (Å²) in [6.45, 7) is 2.17. The molecule has 3 rings (SSSR count). The average Bonchev–Trinajstić information content (AvgIpc) is 2.72. The first-order valence-electron chi connectivity index (χ1n) is 10.1. The quantitative estimate of drug-likeness (QED) is 0.511. The Bertz CT molecular complexity index is 1160. The number of fused-ring (bicyclic) bond motifs is 1. The van der Waals surface area contributed by atoms with Crippen molar-refractivity contribution in [3.63, 3.8) is 0 Å². The Labute approximate surface area is 193 Å². The molecule has 0 aliphatic carbocycles. The van der Waals surface area contributed by atoms with Gasteiger partial charge in [-0.05, 0) is 43.2 Å². The molecule has 0 saturated heterocycles. The summed E-state index contributed by atoms with van der Waals surface area (Å²) in [6.07, 6.45) is -13.1. The molecule has 13 heteroatoms. The maximum absolute atomic E-state index is 15.2. The fourth-order valence-corrected chi connectivity index (χ4v) is 3.46. The van der Waals surface area contributed by atoms with E-state index >= 15 is 4.39 Å². The Hall–Kier alpha value is -3.38. The molecule has 1 N–H and O–H groups in total. The van der Waals surface area contributed by atoms with Crippen LogP contribution in [0, 0.1) is 18.6 Å². The van der Waals surface area contributed by atoms with E-state index in [0.29, 0.717) is 12.1 Å². The monoisotopic (exact) mass is 510 g/mol. The lowest BCUT2D eigenvalue weighted by atomic mass is 10.1. The average molecular weight is 510 g/mol. The van der Waals surface area contributed by atoms with Crippen LogP contribution in [0.3, 0.4) is 0 Å². The number of nitrogens with one attached hydrogen (secondary N) is 1. The minimum absolute atomic E-state index is 0.0218. The predicted octanol–water partition coefficient (Wildman–Crippen LogP) is 5.89. The van der Waals surface area contributed by atoms with E-state index < -0.39 is 78.3 Å². The van der Waals surface area contributed by atoms with Gasteiger partial charge in [-0.15, -0.1) is 0 Å². The van der Waals surface area contributed by atoms with E-state index in [2.05, 4.69) is 5.32 Å². The van der Waals surface area contributed by atoms with Crippen LogP contribution in [-0.2, 0) is 22.3 Å². The zero-order valence-electron chi connectivity index (χ0n) is 18.2. The molecule has 0 saturated carbocycles. The fraction of sp³-hybridized carbons (Fsp3) is 0.364. The van der Waals surface area contributed by atoms with Gasteiger partial charge < -0.3 is 15.0 Å². The van der Waals surface area contributed by atoms with E-state index in [0.717, 1.165) is 11.0 Å². The third kappa shape index (κ3) is 5.82. The van der Waals surface area contributed by atoms with Crippen LogP contribution in [0.15, 0.2) is 24.3 Å². The third-order valence-electron chi connectivity index (χ3n) is 5.18. The van der Waals surface area contributed by atoms with Crippen molar-refractivity contribution in [1.82, 2.24) is 0 Å². The lowest BCUT2D eigenvalue weighted by molar-refractivity contribution is -0.142. The molecule has 0 spiro atoms. The second kappa shape index (κ2) is 9.34. The second-order valence-electron chi connectivity index (χ2n) is 7.89. The number of halogens is 8. The Morgan fingerprint density at radius 3 is 2.34 bits per heavy atom. The maximum Gasteiger partial charge on any atom is 0.419 e. The molecule has 2 amide bonds. The number of rotatable bonds is 5. The molecular formula is C22H18F8N2O3. The molecule has 2 aromatic rings. The molecule has 1 aliphatic heterocycles. The van der Waals surface area contributed by atoms with Gasteiger partial charge in [-0.3, -0.25) is 9.59 Å². The van der Waals surface area contributed by atoms with E-state index in [1.807, 2.05) is 0 Å². The number of ether oxygens (including phenoxy) is 1. The molecule has 1 atom stereocenters. The molecular weight excluding hydrogens is 492 g/mol. The van der Waals surface area contributed by atoms with Crippen molar-refractivity contribution in [2.24, 2.45) is 0 Å². The summed E-state index contributed by atoms with van der Waals surface area (Å²) in [5.74, 6) is -4.99. The van der Waals surface area contributed by atoms with Crippen molar-refractivity contribution in [1.29, 1.82) is 0 Å². The predicted molar refractivity (Wildman–Crippen MR) is 108 cm³/mol. The van der Waals surface area contributed by atoms with Crippen LogP contribution in [0.5, 0.6) is 5.75 Å². The molecule has 1 heterocycles. The van der Waals surface area contributed by atoms with Gasteiger partial charge in [-0.25, -0.2) is 8.78 Å². The molecule has 1 unspecified atom stereocenters. The molecule has 0 fully saturated rings. The number of anilines is 2. The summed E-state index contributed by atoms with van der Waals surface area (Å²) >= 11 is 0. The van der Waals surface area contributed by atoms with E-state index in [9.17, 15) is 40.3 Å². The summed E-state index contributed by atoms with van der Waals surface area (Å²) in [5.41, 5.74) is -2.06. The number of alkyl halides is 6. The topological polar surface area (TPSA) is 58.6 Å². The first kappa shape index (κ1) is 26.2. The first-order valence-corrected chi connectivity index (χ1v) is 10.1. The number of benzene rings is 2. The lowest BCUT2D eigenvalue weighted by Crippen LogP contribution is -2.44. The van der Waals surface area contributed by atoms with Gasteiger partial charge in [0.25, 0.3) is 5.91 Å². The van der Waals surface area contributed by atoms with Crippen LogP contribution < -0.4 is 15.0 Å². The van der Waals surface area contributed by atoms with Crippen molar-refractivity contribution in [2.45, 2.75) is 51.7 Å². The van der Waals surface area contributed by atoms with Gasteiger partial charge in [-0.1, -0.05) is 6.07 Å². The molecule has 0 bridgehead atoms. The Morgan fingerprint density at radius 2 is 1.77 bits per heavy atom. The smallest absolute Gasteiger partial charge is 0.419 e. The second-order valence-corrected chi connectivity index (χ2v) is 7.89. The van der Waals surface area contributed by atoms with Crippen molar-refractivity contribution in [3.8, 4) is 5.75 Å².